The highest BCUT2D eigenvalue weighted by molar-refractivity contribution is 5.34. The highest BCUT2D eigenvalue weighted by Crippen LogP contribution is 2.17. The van der Waals surface area contributed by atoms with Gasteiger partial charge >= 0.3 is 0 Å². The fourth-order valence-corrected chi connectivity index (χ4v) is 1.50. The van der Waals surface area contributed by atoms with E-state index in [4.69, 9.17) is 4.74 Å². The molecule has 0 amide bonds. The molecule has 94 valence electrons. The largest absolute Gasteiger partial charge is 0.368 e. The molecule has 1 aliphatic heterocycles. The molecule has 0 radical (unpaired) electrons. The Hall–Kier alpha value is -1.74. The van der Waals surface area contributed by atoms with Gasteiger partial charge in [0.1, 0.15) is 0 Å². The van der Waals surface area contributed by atoms with Gasteiger partial charge in [-0.2, -0.15) is 0 Å². The lowest BCUT2D eigenvalue weighted by Gasteiger charge is -2.24. The normalized spacial score (nSPS) is 23.9. The Kier molecular flexibility index (Phi) is 7.40. The molecule has 2 nitrogen and oxygen atoms in total. The van der Waals surface area contributed by atoms with Crippen molar-refractivity contribution < 1.29 is 9.84 Å². The minimum atomic E-state index is -0.612. The van der Waals surface area contributed by atoms with E-state index in [9.17, 15) is 5.11 Å². The summed E-state index contributed by atoms with van der Waals surface area (Å²) in [7, 11) is 0. The summed E-state index contributed by atoms with van der Waals surface area (Å²) in [6.45, 7) is 1.91. The summed E-state index contributed by atoms with van der Waals surface area (Å²) in [5.74, 6) is 11.0. The zero-order valence-corrected chi connectivity index (χ0v) is 10.6. The highest BCUT2D eigenvalue weighted by Gasteiger charge is 2.17. The zero-order valence-electron chi connectivity index (χ0n) is 10.6. The Morgan fingerprint density at radius 2 is 1.89 bits per heavy atom. The van der Waals surface area contributed by atoms with Crippen LogP contribution in [0.4, 0.5) is 0 Å². The molecule has 1 aliphatic rings. The Balaban J connectivity index is 2.29. The van der Waals surface area contributed by atoms with E-state index < -0.39 is 6.29 Å². The molecule has 18 heavy (non-hydrogen) atoms. The second kappa shape index (κ2) is 9.31. The molecular weight excluding hydrogens is 224 g/mol. The van der Waals surface area contributed by atoms with Gasteiger partial charge in [0.15, 0.2) is 6.29 Å². The molecule has 1 heterocycles. The first-order valence-electron chi connectivity index (χ1n) is 6.12. The summed E-state index contributed by atoms with van der Waals surface area (Å²) < 4.78 is 5.33. The number of ether oxygens (including phenoxy) is 1. The van der Waals surface area contributed by atoms with Crippen LogP contribution in [0.3, 0.4) is 0 Å². The van der Waals surface area contributed by atoms with E-state index in [1.54, 1.807) is 12.2 Å². The van der Waals surface area contributed by atoms with Crippen molar-refractivity contribution in [3.05, 3.63) is 36.5 Å². The molecule has 0 bridgehead atoms. The minimum absolute atomic E-state index is 0.0147. The van der Waals surface area contributed by atoms with Gasteiger partial charge in [0, 0.05) is 0 Å². The van der Waals surface area contributed by atoms with Gasteiger partial charge in [0.05, 0.1) is 6.10 Å². The quantitative estimate of drug-likeness (QED) is 0.595. The van der Waals surface area contributed by atoms with Crippen molar-refractivity contribution in [2.24, 2.45) is 0 Å². The van der Waals surface area contributed by atoms with Crippen LogP contribution in [0.25, 0.3) is 0 Å². The van der Waals surface area contributed by atoms with Gasteiger partial charge in [-0.3, -0.25) is 0 Å². The number of hydrogen-bond donors (Lipinski definition) is 1. The molecule has 0 aromatic rings. The summed E-state index contributed by atoms with van der Waals surface area (Å²) in [5, 5.41) is 9.31. The van der Waals surface area contributed by atoms with Gasteiger partial charge in [0.2, 0.25) is 0 Å². The maximum Gasteiger partial charge on any atom is 0.155 e. The predicted molar refractivity (Wildman–Crippen MR) is 73.4 cm³/mol. The van der Waals surface area contributed by atoms with Crippen LogP contribution in [-0.4, -0.2) is 17.5 Å². The molecule has 2 heteroatoms. The van der Waals surface area contributed by atoms with E-state index in [0.717, 1.165) is 19.3 Å². The SMILES string of the molecule is CC=CC#CC#CC=CC=CC1CCCC(O)O1. The third kappa shape index (κ3) is 6.76. The lowest BCUT2D eigenvalue weighted by Crippen LogP contribution is -2.25. The number of aliphatic hydroxyl groups is 1. The Bertz CT molecular complexity index is 435. The van der Waals surface area contributed by atoms with Crippen molar-refractivity contribution in [1.82, 2.24) is 0 Å². The number of hydrogen-bond acceptors (Lipinski definition) is 2. The second-order valence-electron chi connectivity index (χ2n) is 3.84. The van der Waals surface area contributed by atoms with Crippen LogP contribution in [0, 0.1) is 23.7 Å². The van der Waals surface area contributed by atoms with E-state index in [2.05, 4.69) is 23.7 Å². The number of allylic oxidation sites excluding steroid dienone is 5. The van der Waals surface area contributed by atoms with E-state index in [1.807, 2.05) is 31.2 Å². The lowest BCUT2D eigenvalue weighted by atomic mass is 10.1. The average Bonchev–Trinajstić information content (AvgIpc) is 2.37. The van der Waals surface area contributed by atoms with Gasteiger partial charge < -0.3 is 9.84 Å². The Labute approximate surface area is 109 Å². The smallest absolute Gasteiger partial charge is 0.155 e. The summed E-state index contributed by atoms with van der Waals surface area (Å²) >= 11 is 0. The van der Waals surface area contributed by atoms with E-state index in [1.165, 1.54) is 0 Å². The van der Waals surface area contributed by atoms with Crippen molar-refractivity contribution in [2.75, 3.05) is 0 Å². The summed E-state index contributed by atoms with van der Waals surface area (Å²) in [6.07, 6.45) is 13.1. The Morgan fingerprint density at radius 3 is 2.61 bits per heavy atom. The number of rotatable bonds is 2. The maximum atomic E-state index is 9.31. The van der Waals surface area contributed by atoms with Crippen LogP contribution in [-0.2, 0) is 4.74 Å². The summed E-state index contributed by atoms with van der Waals surface area (Å²) in [6, 6.07) is 0. The molecule has 2 unspecified atom stereocenters. The molecule has 1 saturated heterocycles. The predicted octanol–water partition coefficient (Wildman–Crippen LogP) is 2.57. The van der Waals surface area contributed by atoms with Crippen LogP contribution in [0.5, 0.6) is 0 Å². The summed E-state index contributed by atoms with van der Waals surface area (Å²) in [5.41, 5.74) is 0. The van der Waals surface area contributed by atoms with Crippen molar-refractivity contribution in [2.45, 2.75) is 38.6 Å². The average molecular weight is 242 g/mol. The molecule has 0 aromatic heterocycles. The molecule has 0 saturated carbocycles. The molecule has 0 spiro atoms. The monoisotopic (exact) mass is 242 g/mol. The van der Waals surface area contributed by atoms with Crippen molar-refractivity contribution in [3.8, 4) is 23.7 Å². The molecule has 0 aromatic carbocycles. The molecule has 0 aliphatic carbocycles. The lowest BCUT2D eigenvalue weighted by molar-refractivity contribution is -0.147. The summed E-state index contributed by atoms with van der Waals surface area (Å²) in [4.78, 5) is 0. The van der Waals surface area contributed by atoms with Gasteiger partial charge in [-0.15, -0.1) is 0 Å². The fraction of sp³-hybridized carbons (Fsp3) is 0.375. The maximum absolute atomic E-state index is 9.31. The number of aliphatic hydroxyl groups excluding tert-OH is 1. The topological polar surface area (TPSA) is 29.5 Å². The third-order valence-electron chi connectivity index (χ3n) is 2.34. The van der Waals surface area contributed by atoms with E-state index >= 15 is 0 Å². The zero-order chi connectivity index (χ0) is 13.1. The Morgan fingerprint density at radius 1 is 1.11 bits per heavy atom. The van der Waals surface area contributed by atoms with Crippen LogP contribution in [0.15, 0.2) is 36.5 Å². The molecule has 1 rings (SSSR count). The third-order valence-corrected chi connectivity index (χ3v) is 2.34. The minimum Gasteiger partial charge on any atom is -0.368 e. The van der Waals surface area contributed by atoms with Gasteiger partial charge in [0.25, 0.3) is 0 Å². The van der Waals surface area contributed by atoms with Crippen LogP contribution in [0.1, 0.15) is 26.2 Å². The van der Waals surface area contributed by atoms with Crippen LogP contribution in [0.2, 0.25) is 0 Å². The fourth-order valence-electron chi connectivity index (χ4n) is 1.50. The molecule has 1 fully saturated rings. The van der Waals surface area contributed by atoms with E-state index in [0.29, 0.717) is 0 Å². The molecule has 1 N–H and O–H groups in total. The van der Waals surface area contributed by atoms with Gasteiger partial charge in [-0.05, 0) is 50.2 Å². The molecule has 2 atom stereocenters. The van der Waals surface area contributed by atoms with E-state index in [-0.39, 0.29) is 6.10 Å². The standard InChI is InChI=1S/C16H18O2/c1-2-3-4-5-6-7-8-9-10-12-15-13-11-14-16(17)18-15/h2-3,8-10,12,15-17H,11,13-14H2,1H3. The first kappa shape index (κ1) is 14.3. The van der Waals surface area contributed by atoms with Crippen LogP contribution < -0.4 is 0 Å². The second-order valence-corrected chi connectivity index (χ2v) is 3.84. The van der Waals surface area contributed by atoms with Crippen LogP contribution >= 0.6 is 0 Å². The molecular formula is C16H18O2. The highest BCUT2D eigenvalue weighted by atomic mass is 16.6. The first-order chi connectivity index (χ1) is 8.83. The van der Waals surface area contributed by atoms with Crippen molar-refractivity contribution >= 4 is 0 Å². The van der Waals surface area contributed by atoms with Crippen molar-refractivity contribution in [1.29, 1.82) is 0 Å². The van der Waals surface area contributed by atoms with Gasteiger partial charge in [-0.1, -0.05) is 36.1 Å². The van der Waals surface area contributed by atoms with Crippen molar-refractivity contribution in [3.63, 3.8) is 0 Å². The van der Waals surface area contributed by atoms with Gasteiger partial charge in [-0.25, -0.2) is 0 Å². The first-order valence-corrected chi connectivity index (χ1v) is 6.12.